The van der Waals surface area contributed by atoms with E-state index in [0.29, 0.717) is 17.9 Å². The van der Waals surface area contributed by atoms with Gasteiger partial charge in [-0.15, -0.1) is 0 Å². The number of esters is 1. The van der Waals surface area contributed by atoms with E-state index in [2.05, 4.69) is 4.74 Å². The van der Waals surface area contributed by atoms with E-state index in [1.807, 2.05) is 26.0 Å². The van der Waals surface area contributed by atoms with E-state index in [4.69, 9.17) is 11.6 Å². The molecule has 1 aromatic carbocycles. The minimum atomic E-state index is -0.233. The van der Waals surface area contributed by atoms with Crippen LogP contribution in [0.4, 0.5) is 0 Å². The Morgan fingerprint density at radius 3 is 2.72 bits per heavy atom. The first kappa shape index (κ1) is 14.8. The molecule has 0 amide bonds. The van der Waals surface area contributed by atoms with Gasteiger partial charge in [0.25, 0.3) is 0 Å². The Kier molecular flexibility index (Phi) is 5.03. The summed E-state index contributed by atoms with van der Waals surface area (Å²) in [5, 5.41) is 10.3. The number of ether oxygens (including phenoxy) is 1. The fourth-order valence-electron chi connectivity index (χ4n) is 1.97. The van der Waals surface area contributed by atoms with Gasteiger partial charge in [-0.2, -0.15) is 0 Å². The van der Waals surface area contributed by atoms with Crippen molar-refractivity contribution in [3.63, 3.8) is 0 Å². The Morgan fingerprint density at radius 1 is 1.44 bits per heavy atom. The number of hydrogen-bond donors (Lipinski definition) is 1. The average molecular weight is 271 g/mol. The van der Waals surface area contributed by atoms with Crippen molar-refractivity contribution in [3.05, 3.63) is 28.8 Å². The zero-order chi connectivity index (χ0) is 13.8. The minimum Gasteiger partial charge on any atom is -0.506 e. The number of benzene rings is 1. The zero-order valence-electron chi connectivity index (χ0n) is 11.0. The van der Waals surface area contributed by atoms with Gasteiger partial charge >= 0.3 is 5.97 Å². The number of halogens is 1. The Bertz CT molecular complexity index is 427. The lowest BCUT2D eigenvalue weighted by molar-refractivity contribution is -0.140. The van der Waals surface area contributed by atoms with Crippen molar-refractivity contribution < 1.29 is 14.6 Å². The van der Waals surface area contributed by atoms with Crippen LogP contribution in [0.5, 0.6) is 5.75 Å². The lowest BCUT2D eigenvalue weighted by Gasteiger charge is -2.26. The monoisotopic (exact) mass is 270 g/mol. The summed E-state index contributed by atoms with van der Waals surface area (Å²) in [6.07, 6.45) is 1.88. The molecule has 0 aliphatic heterocycles. The van der Waals surface area contributed by atoms with E-state index in [9.17, 15) is 9.90 Å². The van der Waals surface area contributed by atoms with Crippen LogP contribution in [-0.4, -0.2) is 18.2 Å². The molecule has 0 aliphatic rings. The quantitative estimate of drug-likeness (QED) is 0.831. The summed E-state index contributed by atoms with van der Waals surface area (Å²) in [7, 11) is 1.39. The summed E-state index contributed by atoms with van der Waals surface area (Å²) in [6, 6.07) is 5.34. The lowest BCUT2D eigenvalue weighted by atomic mass is 9.79. The van der Waals surface area contributed by atoms with E-state index in [0.717, 1.165) is 12.0 Å². The third-order valence-corrected chi connectivity index (χ3v) is 3.43. The van der Waals surface area contributed by atoms with E-state index < -0.39 is 0 Å². The maximum atomic E-state index is 11.1. The summed E-state index contributed by atoms with van der Waals surface area (Å²) in [4.78, 5) is 11.1. The molecule has 0 radical (unpaired) electrons. The van der Waals surface area contributed by atoms with Crippen molar-refractivity contribution >= 4 is 17.6 Å². The first-order valence-corrected chi connectivity index (χ1v) is 6.31. The molecule has 0 fully saturated rings. The largest absolute Gasteiger partial charge is 0.506 e. The molecule has 0 saturated heterocycles. The van der Waals surface area contributed by atoms with Gasteiger partial charge in [0, 0.05) is 12.0 Å². The Morgan fingerprint density at radius 2 is 2.11 bits per heavy atom. The van der Waals surface area contributed by atoms with Gasteiger partial charge in [-0.3, -0.25) is 4.79 Å². The molecule has 0 unspecified atom stereocenters. The van der Waals surface area contributed by atoms with Gasteiger partial charge < -0.3 is 9.84 Å². The maximum absolute atomic E-state index is 11.1. The van der Waals surface area contributed by atoms with Crippen LogP contribution in [0.2, 0.25) is 5.02 Å². The van der Waals surface area contributed by atoms with Gasteiger partial charge in [-0.25, -0.2) is 0 Å². The van der Waals surface area contributed by atoms with Crippen LogP contribution in [0.1, 0.15) is 38.7 Å². The van der Waals surface area contributed by atoms with E-state index >= 15 is 0 Å². The molecule has 4 heteroatoms. The molecule has 1 rings (SSSR count). The molecule has 1 aromatic rings. The van der Waals surface area contributed by atoms with Crippen molar-refractivity contribution in [3.8, 4) is 5.75 Å². The standard InChI is InChI=1S/C14H19ClO3/c1-14(2,9-5-8-12(16)18-3)10-6-4-7-11(15)13(10)17/h4,6-7,17H,5,8-9H2,1-3H3. The molecule has 0 heterocycles. The molecule has 3 nitrogen and oxygen atoms in total. The molecular weight excluding hydrogens is 252 g/mol. The van der Waals surface area contributed by atoms with Crippen LogP contribution >= 0.6 is 11.6 Å². The van der Waals surface area contributed by atoms with Crippen molar-refractivity contribution in [2.45, 2.75) is 38.5 Å². The number of methoxy groups -OCH3 is 1. The van der Waals surface area contributed by atoms with Gasteiger partial charge in [0.05, 0.1) is 12.1 Å². The number of carbonyl (C=O) groups is 1. The number of aromatic hydroxyl groups is 1. The molecule has 0 saturated carbocycles. The molecular formula is C14H19ClO3. The molecule has 1 N–H and O–H groups in total. The highest BCUT2D eigenvalue weighted by molar-refractivity contribution is 6.32. The topological polar surface area (TPSA) is 46.5 Å². The Hall–Kier alpha value is -1.22. The molecule has 0 aliphatic carbocycles. The van der Waals surface area contributed by atoms with Crippen molar-refractivity contribution in [2.24, 2.45) is 0 Å². The lowest BCUT2D eigenvalue weighted by Crippen LogP contribution is -2.18. The first-order valence-electron chi connectivity index (χ1n) is 5.93. The van der Waals surface area contributed by atoms with Crippen LogP contribution < -0.4 is 0 Å². The second kappa shape index (κ2) is 6.10. The fourth-order valence-corrected chi connectivity index (χ4v) is 2.15. The predicted octanol–water partition coefficient (Wildman–Crippen LogP) is 3.67. The van der Waals surface area contributed by atoms with Crippen LogP contribution in [-0.2, 0) is 14.9 Å². The first-order chi connectivity index (χ1) is 8.38. The van der Waals surface area contributed by atoms with E-state index in [1.54, 1.807) is 6.07 Å². The summed E-state index contributed by atoms with van der Waals surface area (Å²) >= 11 is 5.90. The number of para-hydroxylation sites is 1. The third-order valence-electron chi connectivity index (χ3n) is 3.13. The normalized spacial score (nSPS) is 11.3. The third kappa shape index (κ3) is 3.64. The van der Waals surface area contributed by atoms with Crippen molar-refractivity contribution in [2.75, 3.05) is 7.11 Å². The number of hydrogen-bond acceptors (Lipinski definition) is 3. The van der Waals surface area contributed by atoms with Crippen molar-refractivity contribution in [1.82, 2.24) is 0 Å². The number of rotatable bonds is 5. The molecule has 0 atom stereocenters. The van der Waals surface area contributed by atoms with Crippen molar-refractivity contribution in [1.29, 1.82) is 0 Å². The van der Waals surface area contributed by atoms with Gasteiger partial charge in [0.1, 0.15) is 5.75 Å². The maximum Gasteiger partial charge on any atom is 0.305 e. The molecule has 0 aromatic heterocycles. The highest BCUT2D eigenvalue weighted by Crippen LogP contribution is 2.38. The van der Waals surface area contributed by atoms with Crippen LogP contribution in [0.3, 0.4) is 0 Å². The Labute approximate surface area is 113 Å². The summed E-state index contributed by atoms with van der Waals surface area (Å²) in [5.74, 6) is -0.0802. The second-order valence-electron chi connectivity index (χ2n) is 4.95. The van der Waals surface area contributed by atoms with E-state index in [-0.39, 0.29) is 17.1 Å². The number of phenolic OH excluding ortho intramolecular Hbond substituents is 1. The SMILES string of the molecule is COC(=O)CCCC(C)(C)c1cccc(Cl)c1O. The smallest absolute Gasteiger partial charge is 0.305 e. The number of phenols is 1. The average Bonchev–Trinajstić information content (AvgIpc) is 2.32. The Balaban J connectivity index is 2.73. The van der Waals surface area contributed by atoms with Crippen LogP contribution in [0, 0.1) is 0 Å². The van der Waals surface area contributed by atoms with Gasteiger partial charge in [-0.05, 0) is 24.3 Å². The minimum absolute atomic E-state index is 0.127. The van der Waals surface area contributed by atoms with Gasteiger partial charge in [0.2, 0.25) is 0 Å². The molecule has 100 valence electrons. The van der Waals surface area contributed by atoms with Crippen LogP contribution in [0.15, 0.2) is 18.2 Å². The highest BCUT2D eigenvalue weighted by atomic mass is 35.5. The van der Waals surface area contributed by atoms with Gasteiger partial charge in [0.15, 0.2) is 0 Å². The number of carbonyl (C=O) groups excluding carboxylic acids is 1. The van der Waals surface area contributed by atoms with Crippen LogP contribution in [0.25, 0.3) is 0 Å². The summed E-state index contributed by atoms with van der Waals surface area (Å²) in [6.45, 7) is 4.05. The van der Waals surface area contributed by atoms with Gasteiger partial charge in [-0.1, -0.05) is 37.6 Å². The predicted molar refractivity (Wildman–Crippen MR) is 72.0 cm³/mol. The molecule has 18 heavy (non-hydrogen) atoms. The summed E-state index contributed by atoms with van der Waals surface area (Å²) in [5.41, 5.74) is 0.572. The molecule has 0 bridgehead atoms. The zero-order valence-corrected chi connectivity index (χ0v) is 11.8. The second-order valence-corrected chi connectivity index (χ2v) is 5.36. The molecule has 0 spiro atoms. The summed E-state index contributed by atoms with van der Waals surface area (Å²) < 4.78 is 4.60. The fraction of sp³-hybridized carbons (Fsp3) is 0.500. The highest BCUT2D eigenvalue weighted by Gasteiger charge is 2.24. The van der Waals surface area contributed by atoms with E-state index in [1.165, 1.54) is 7.11 Å².